The van der Waals surface area contributed by atoms with E-state index in [1.54, 1.807) is 36.4 Å². The predicted octanol–water partition coefficient (Wildman–Crippen LogP) is 3.28. The standard InChI is InChI=1S/C24H19N3O5S/c1-27-22(24(29)26-20-13-7-8-16-25-20)23(18-11-5-6-12-19(18)33(27,30)31)32-21(28)15-14-17-9-3-2-4-10-17/h2-16H,1H3,(H,25,26,29)/b15-14-. The number of ether oxygens (including phenoxy) is 1. The maximum absolute atomic E-state index is 13.1. The molecule has 1 aliphatic rings. The minimum absolute atomic E-state index is 0.0725. The smallest absolute Gasteiger partial charge is 0.336 e. The van der Waals surface area contributed by atoms with Crippen LogP contribution in [0.4, 0.5) is 5.82 Å². The number of carbonyl (C=O) groups is 2. The van der Waals surface area contributed by atoms with Gasteiger partial charge in [-0.3, -0.25) is 9.10 Å². The van der Waals surface area contributed by atoms with Gasteiger partial charge in [-0.1, -0.05) is 48.5 Å². The lowest BCUT2D eigenvalue weighted by molar-refractivity contribution is -0.131. The molecule has 0 aliphatic carbocycles. The number of anilines is 1. The normalized spacial score (nSPS) is 14.6. The third kappa shape index (κ3) is 4.53. The Morgan fingerprint density at radius 2 is 1.67 bits per heavy atom. The number of carbonyl (C=O) groups excluding carboxylic acids is 2. The van der Waals surface area contributed by atoms with Crippen molar-refractivity contribution in [3.05, 3.63) is 102 Å². The van der Waals surface area contributed by atoms with Crippen LogP contribution in [0.1, 0.15) is 11.1 Å². The summed E-state index contributed by atoms with van der Waals surface area (Å²) >= 11 is 0. The molecular formula is C24H19N3O5S. The molecule has 9 heteroatoms. The quantitative estimate of drug-likeness (QED) is 0.462. The third-order valence-electron chi connectivity index (χ3n) is 4.84. The summed E-state index contributed by atoms with van der Waals surface area (Å²) in [7, 11) is -2.82. The van der Waals surface area contributed by atoms with Crippen LogP contribution in [0, 0.1) is 0 Å². The molecular weight excluding hydrogens is 442 g/mol. The maximum atomic E-state index is 13.1. The second-order valence-electron chi connectivity index (χ2n) is 6.98. The first-order valence-corrected chi connectivity index (χ1v) is 11.3. The Balaban J connectivity index is 1.76. The molecule has 0 unspecified atom stereocenters. The summed E-state index contributed by atoms with van der Waals surface area (Å²) < 4.78 is 32.5. The molecule has 0 atom stereocenters. The lowest BCUT2D eigenvalue weighted by Crippen LogP contribution is -2.38. The van der Waals surface area contributed by atoms with Gasteiger partial charge in [-0.25, -0.2) is 18.2 Å². The average molecular weight is 461 g/mol. The van der Waals surface area contributed by atoms with Crippen LogP contribution in [0.25, 0.3) is 11.8 Å². The molecule has 3 aromatic rings. The van der Waals surface area contributed by atoms with Crippen LogP contribution in [-0.4, -0.2) is 36.6 Å². The Bertz CT molecular complexity index is 1370. The number of likely N-dealkylation sites (N-methyl/N-ethyl adjacent to an activating group) is 1. The molecule has 0 spiro atoms. The van der Waals surface area contributed by atoms with Crippen molar-refractivity contribution in [2.24, 2.45) is 0 Å². The van der Waals surface area contributed by atoms with Gasteiger partial charge in [0.25, 0.3) is 15.9 Å². The summed E-state index contributed by atoms with van der Waals surface area (Å²) in [5.41, 5.74) is 0.560. The van der Waals surface area contributed by atoms with Crippen LogP contribution in [0.2, 0.25) is 0 Å². The summed E-state index contributed by atoms with van der Waals surface area (Å²) in [5, 5.41) is 2.55. The molecule has 8 nitrogen and oxygen atoms in total. The molecule has 4 rings (SSSR count). The molecule has 1 aromatic heterocycles. The van der Waals surface area contributed by atoms with Crippen molar-refractivity contribution < 1.29 is 22.7 Å². The number of hydrogen-bond donors (Lipinski definition) is 1. The Labute approximate surface area is 190 Å². The van der Waals surface area contributed by atoms with E-state index in [9.17, 15) is 18.0 Å². The summed E-state index contributed by atoms with van der Waals surface area (Å²) in [4.78, 5) is 29.7. The van der Waals surface area contributed by atoms with Gasteiger partial charge < -0.3 is 10.1 Å². The summed E-state index contributed by atoms with van der Waals surface area (Å²) in [6.45, 7) is 0. The van der Waals surface area contributed by atoms with Crippen LogP contribution < -0.4 is 5.32 Å². The molecule has 0 radical (unpaired) electrons. The lowest BCUT2D eigenvalue weighted by atomic mass is 10.1. The average Bonchev–Trinajstić information content (AvgIpc) is 2.83. The number of pyridine rings is 1. The largest absolute Gasteiger partial charge is 0.420 e. The predicted molar refractivity (Wildman–Crippen MR) is 123 cm³/mol. The van der Waals surface area contributed by atoms with E-state index in [4.69, 9.17) is 4.74 Å². The van der Waals surface area contributed by atoms with Crippen LogP contribution in [-0.2, 0) is 24.3 Å². The summed E-state index contributed by atoms with van der Waals surface area (Å²) in [6.07, 6.45) is 4.25. The molecule has 0 saturated heterocycles. The fourth-order valence-electron chi connectivity index (χ4n) is 3.24. The zero-order valence-electron chi connectivity index (χ0n) is 17.5. The SMILES string of the molecule is CN1C(C(=O)Nc2ccccn2)=C(OC(=O)/C=C\c2ccccc2)c2ccccc2S1(=O)=O. The molecule has 166 valence electrons. The van der Waals surface area contributed by atoms with E-state index in [1.807, 2.05) is 30.3 Å². The highest BCUT2D eigenvalue weighted by Crippen LogP contribution is 2.37. The Morgan fingerprint density at radius 1 is 0.970 bits per heavy atom. The first-order valence-electron chi connectivity index (χ1n) is 9.88. The fourth-order valence-corrected chi connectivity index (χ4v) is 4.63. The summed E-state index contributed by atoms with van der Waals surface area (Å²) in [6, 6.07) is 20.0. The second-order valence-corrected chi connectivity index (χ2v) is 8.92. The van der Waals surface area contributed by atoms with Crippen molar-refractivity contribution >= 4 is 39.6 Å². The Kier molecular flexibility index (Phi) is 6.05. The van der Waals surface area contributed by atoms with Crippen molar-refractivity contribution in [1.82, 2.24) is 9.29 Å². The van der Waals surface area contributed by atoms with Gasteiger partial charge in [-0.15, -0.1) is 0 Å². The number of fused-ring (bicyclic) bond motifs is 1. The highest BCUT2D eigenvalue weighted by molar-refractivity contribution is 7.89. The number of rotatable bonds is 5. The minimum Gasteiger partial charge on any atom is -0.420 e. The number of benzene rings is 2. The van der Waals surface area contributed by atoms with Gasteiger partial charge in [0.05, 0.1) is 4.90 Å². The molecule has 0 saturated carbocycles. The van der Waals surface area contributed by atoms with Crippen molar-refractivity contribution in [3.8, 4) is 0 Å². The maximum Gasteiger partial charge on any atom is 0.336 e. The second kappa shape index (κ2) is 9.09. The number of aromatic nitrogens is 1. The van der Waals surface area contributed by atoms with Crippen LogP contribution in [0.15, 0.2) is 95.7 Å². The van der Waals surface area contributed by atoms with Gasteiger partial charge in [-0.2, -0.15) is 0 Å². The number of sulfonamides is 1. The van der Waals surface area contributed by atoms with Gasteiger partial charge >= 0.3 is 5.97 Å². The molecule has 0 bridgehead atoms. The molecule has 33 heavy (non-hydrogen) atoms. The Morgan fingerprint density at radius 3 is 2.39 bits per heavy atom. The number of amides is 1. The zero-order valence-corrected chi connectivity index (χ0v) is 18.3. The van der Waals surface area contributed by atoms with Gasteiger partial charge in [-0.05, 0) is 35.9 Å². The molecule has 2 heterocycles. The van der Waals surface area contributed by atoms with Crippen molar-refractivity contribution in [3.63, 3.8) is 0 Å². The molecule has 1 N–H and O–H groups in total. The molecule has 1 amide bonds. The number of esters is 1. The Hall–Kier alpha value is -4.24. The zero-order chi connectivity index (χ0) is 23.4. The molecule has 1 aliphatic heterocycles. The highest BCUT2D eigenvalue weighted by Gasteiger charge is 2.39. The van der Waals surface area contributed by atoms with E-state index in [-0.39, 0.29) is 27.7 Å². The van der Waals surface area contributed by atoms with Gasteiger partial charge in [0.2, 0.25) is 0 Å². The molecule has 2 aromatic carbocycles. The number of hydrogen-bond acceptors (Lipinski definition) is 6. The van der Waals surface area contributed by atoms with Crippen LogP contribution in [0.3, 0.4) is 0 Å². The lowest BCUT2D eigenvalue weighted by Gasteiger charge is -2.29. The van der Waals surface area contributed by atoms with E-state index in [0.29, 0.717) is 0 Å². The fraction of sp³-hybridized carbons (Fsp3) is 0.0417. The molecule has 0 fully saturated rings. The van der Waals surface area contributed by atoms with Gasteiger partial charge in [0.15, 0.2) is 11.5 Å². The first-order chi connectivity index (χ1) is 15.9. The van der Waals surface area contributed by atoms with Gasteiger partial charge in [0.1, 0.15) is 5.82 Å². The van der Waals surface area contributed by atoms with E-state index in [2.05, 4.69) is 10.3 Å². The van der Waals surface area contributed by atoms with E-state index in [1.165, 1.54) is 31.5 Å². The van der Waals surface area contributed by atoms with Crippen molar-refractivity contribution in [1.29, 1.82) is 0 Å². The highest BCUT2D eigenvalue weighted by atomic mass is 32.2. The van der Waals surface area contributed by atoms with Crippen LogP contribution in [0.5, 0.6) is 0 Å². The minimum atomic E-state index is -4.05. The van der Waals surface area contributed by atoms with E-state index < -0.39 is 21.9 Å². The summed E-state index contributed by atoms with van der Waals surface area (Å²) in [5.74, 6) is -1.50. The van der Waals surface area contributed by atoms with Crippen molar-refractivity contribution in [2.75, 3.05) is 12.4 Å². The number of nitrogens with zero attached hydrogens (tertiary/aromatic N) is 2. The number of nitrogens with one attached hydrogen (secondary N) is 1. The monoisotopic (exact) mass is 461 g/mol. The van der Waals surface area contributed by atoms with Gasteiger partial charge in [0, 0.05) is 24.9 Å². The van der Waals surface area contributed by atoms with E-state index >= 15 is 0 Å². The third-order valence-corrected chi connectivity index (χ3v) is 6.65. The van der Waals surface area contributed by atoms with Crippen molar-refractivity contribution in [2.45, 2.75) is 4.90 Å². The first kappa shape index (κ1) is 22.0. The topological polar surface area (TPSA) is 106 Å². The van der Waals surface area contributed by atoms with E-state index in [0.717, 1.165) is 9.87 Å². The van der Waals surface area contributed by atoms with Crippen LogP contribution >= 0.6 is 0 Å².